The van der Waals surface area contributed by atoms with E-state index < -0.39 is 0 Å². The first-order valence-corrected chi connectivity index (χ1v) is 7.24. The van der Waals surface area contributed by atoms with Gasteiger partial charge < -0.3 is 10.5 Å². The van der Waals surface area contributed by atoms with Gasteiger partial charge in [-0.2, -0.15) is 0 Å². The summed E-state index contributed by atoms with van der Waals surface area (Å²) < 4.78 is 6.00. The van der Waals surface area contributed by atoms with Crippen LogP contribution in [0.5, 0.6) is 5.75 Å². The number of benzene rings is 2. The number of nitrogens with two attached hydrogens (primary N) is 1. The summed E-state index contributed by atoms with van der Waals surface area (Å²) in [5.41, 5.74) is 9.25. The molecule has 0 heterocycles. The third-order valence-electron chi connectivity index (χ3n) is 3.68. The fourth-order valence-electron chi connectivity index (χ4n) is 2.25. The maximum absolute atomic E-state index is 6.00. The van der Waals surface area contributed by atoms with Gasteiger partial charge >= 0.3 is 0 Å². The highest BCUT2D eigenvalue weighted by atomic mass is 16.5. The van der Waals surface area contributed by atoms with E-state index in [4.69, 9.17) is 10.5 Å². The van der Waals surface area contributed by atoms with Gasteiger partial charge in [0.05, 0.1) is 0 Å². The van der Waals surface area contributed by atoms with Crippen LogP contribution in [0, 0.1) is 0 Å². The van der Waals surface area contributed by atoms with Crippen molar-refractivity contribution in [3.8, 4) is 5.75 Å². The lowest BCUT2D eigenvalue weighted by Crippen LogP contribution is -2.02. The lowest BCUT2D eigenvalue weighted by molar-refractivity contribution is 0.301. The van der Waals surface area contributed by atoms with E-state index in [0.717, 1.165) is 23.3 Å². The normalized spacial score (nSPS) is 12.2. The van der Waals surface area contributed by atoms with Gasteiger partial charge in [0.15, 0.2) is 0 Å². The zero-order valence-electron chi connectivity index (χ0n) is 12.3. The zero-order chi connectivity index (χ0) is 14.4. The second kappa shape index (κ2) is 7.11. The SMILES string of the molecule is CCC(C)c1ccccc1OCc1cccc(CN)c1. The Kier molecular flexibility index (Phi) is 5.19. The third kappa shape index (κ3) is 3.61. The summed E-state index contributed by atoms with van der Waals surface area (Å²) in [6.07, 6.45) is 1.11. The molecule has 1 unspecified atom stereocenters. The van der Waals surface area contributed by atoms with Crippen molar-refractivity contribution in [1.29, 1.82) is 0 Å². The van der Waals surface area contributed by atoms with E-state index in [1.54, 1.807) is 0 Å². The lowest BCUT2D eigenvalue weighted by Gasteiger charge is -2.15. The Morgan fingerprint density at radius 1 is 1.05 bits per heavy atom. The van der Waals surface area contributed by atoms with Crippen LogP contribution < -0.4 is 10.5 Å². The molecule has 0 aliphatic heterocycles. The van der Waals surface area contributed by atoms with E-state index >= 15 is 0 Å². The average molecular weight is 269 g/mol. The van der Waals surface area contributed by atoms with Crippen LogP contribution in [0.25, 0.3) is 0 Å². The van der Waals surface area contributed by atoms with E-state index in [0.29, 0.717) is 19.1 Å². The van der Waals surface area contributed by atoms with Crippen molar-refractivity contribution in [2.75, 3.05) is 0 Å². The lowest BCUT2D eigenvalue weighted by atomic mass is 9.98. The number of rotatable bonds is 6. The summed E-state index contributed by atoms with van der Waals surface area (Å²) in [6.45, 7) is 5.59. The van der Waals surface area contributed by atoms with E-state index in [-0.39, 0.29) is 0 Å². The molecule has 2 rings (SSSR count). The molecule has 0 aliphatic carbocycles. The van der Waals surface area contributed by atoms with Gasteiger partial charge in [-0.3, -0.25) is 0 Å². The number of hydrogen-bond donors (Lipinski definition) is 1. The first-order valence-electron chi connectivity index (χ1n) is 7.24. The van der Waals surface area contributed by atoms with Gasteiger partial charge in [-0.1, -0.05) is 56.3 Å². The number of ether oxygens (including phenoxy) is 1. The quantitative estimate of drug-likeness (QED) is 0.851. The topological polar surface area (TPSA) is 35.2 Å². The molecular formula is C18H23NO. The third-order valence-corrected chi connectivity index (χ3v) is 3.68. The minimum absolute atomic E-state index is 0.515. The summed E-state index contributed by atoms with van der Waals surface area (Å²) in [5, 5.41) is 0. The summed E-state index contributed by atoms with van der Waals surface area (Å²) in [6, 6.07) is 16.5. The van der Waals surface area contributed by atoms with Crippen LogP contribution in [0.1, 0.15) is 42.9 Å². The Morgan fingerprint density at radius 2 is 1.80 bits per heavy atom. The fraction of sp³-hybridized carbons (Fsp3) is 0.333. The van der Waals surface area contributed by atoms with Gasteiger partial charge in [0, 0.05) is 6.54 Å². The molecule has 0 saturated carbocycles. The van der Waals surface area contributed by atoms with Crippen molar-refractivity contribution in [2.24, 2.45) is 5.73 Å². The maximum Gasteiger partial charge on any atom is 0.123 e. The molecule has 2 nitrogen and oxygen atoms in total. The van der Waals surface area contributed by atoms with Gasteiger partial charge in [0.2, 0.25) is 0 Å². The Bertz CT molecular complexity index is 551. The molecule has 0 fully saturated rings. The van der Waals surface area contributed by atoms with Crippen molar-refractivity contribution >= 4 is 0 Å². The molecule has 2 aromatic rings. The van der Waals surface area contributed by atoms with Gasteiger partial charge in [0.1, 0.15) is 12.4 Å². The molecule has 0 aliphatic rings. The van der Waals surface area contributed by atoms with Gasteiger partial charge in [-0.25, -0.2) is 0 Å². The molecule has 1 atom stereocenters. The maximum atomic E-state index is 6.00. The van der Waals surface area contributed by atoms with Crippen LogP contribution in [0.2, 0.25) is 0 Å². The number of para-hydroxylation sites is 1. The van der Waals surface area contributed by atoms with Gasteiger partial charge in [-0.05, 0) is 35.1 Å². The van der Waals surface area contributed by atoms with Crippen LogP contribution >= 0.6 is 0 Å². The summed E-state index contributed by atoms with van der Waals surface area (Å²) in [5.74, 6) is 1.50. The molecule has 0 saturated heterocycles. The molecule has 2 heteroatoms. The molecule has 0 spiro atoms. The molecule has 0 radical (unpaired) electrons. The molecule has 0 bridgehead atoms. The smallest absolute Gasteiger partial charge is 0.123 e. The Balaban J connectivity index is 2.10. The van der Waals surface area contributed by atoms with E-state index in [9.17, 15) is 0 Å². The van der Waals surface area contributed by atoms with Crippen LogP contribution in [0.15, 0.2) is 48.5 Å². The van der Waals surface area contributed by atoms with Crippen LogP contribution in [0.3, 0.4) is 0 Å². The van der Waals surface area contributed by atoms with Crippen LogP contribution in [-0.4, -0.2) is 0 Å². The minimum atomic E-state index is 0.515. The van der Waals surface area contributed by atoms with Gasteiger partial charge in [0.25, 0.3) is 0 Å². The monoisotopic (exact) mass is 269 g/mol. The molecule has 20 heavy (non-hydrogen) atoms. The predicted molar refractivity (Wildman–Crippen MR) is 83.8 cm³/mol. The van der Waals surface area contributed by atoms with E-state index in [2.05, 4.69) is 38.1 Å². The van der Waals surface area contributed by atoms with Gasteiger partial charge in [-0.15, -0.1) is 0 Å². The highest BCUT2D eigenvalue weighted by molar-refractivity contribution is 5.36. The predicted octanol–water partition coefficient (Wildman–Crippen LogP) is 4.24. The minimum Gasteiger partial charge on any atom is -0.489 e. The highest BCUT2D eigenvalue weighted by Gasteiger charge is 2.09. The summed E-state index contributed by atoms with van der Waals surface area (Å²) in [4.78, 5) is 0. The molecule has 0 amide bonds. The molecule has 2 aromatic carbocycles. The second-order valence-electron chi connectivity index (χ2n) is 5.16. The highest BCUT2D eigenvalue weighted by Crippen LogP contribution is 2.28. The average Bonchev–Trinajstić information content (AvgIpc) is 2.52. The molecule has 0 aromatic heterocycles. The Labute approximate surface area is 121 Å². The Hall–Kier alpha value is -1.80. The Morgan fingerprint density at radius 3 is 2.55 bits per heavy atom. The van der Waals surface area contributed by atoms with Crippen molar-refractivity contribution in [3.05, 3.63) is 65.2 Å². The van der Waals surface area contributed by atoms with E-state index in [1.807, 2.05) is 24.3 Å². The fourth-order valence-corrected chi connectivity index (χ4v) is 2.25. The van der Waals surface area contributed by atoms with Crippen molar-refractivity contribution < 1.29 is 4.74 Å². The number of hydrogen-bond acceptors (Lipinski definition) is 2. The van der Waals surface area contributed by atoms with Crippen LogP contribution in [-0.2, 0) is 13.2 Å². The summed E-state index contributed by atoms with van der Waals surface area (Å²) >= 11 is 0. The summed E-state index contributed by atoms with van der Waals surface area (Å²) in [7, 11) is 0. The largest absolute Gasteiger partial charge is 0.489 e. The first-order chi connectivity index (χ1) is 9.74. The second-order valence-corrected chi connectivity index (χ2v) is 5.16. The molecule has 106 valence electrons. The standard InChI is InChI=1S/C18H23NO/c1-3-14(2)17-9-4-5-10-18(17)20-13-16-8-6-7-15(11-16)12-19/h4-11,14H,3,12-13,19H2,1-2H3. The van der Waals surface area contributed by atoms with Crippen molar-refractivity contribution in [2.45, 2.75) is 39.3 Å². The van der Waals surface area contributed by atoms with E-state index in [1.165, 1.54) is 5.56 Å². The van der Waals surface area contributed by atoms with Crippen molar-refractivity contribution in [3.63, 3.8) is 0 Å². The first kappa shape index (κ1) is 14.6. The molecular weight excluding hydrogens is 246 g/mol. The zero-order valence-corrected chi connectivity index (χ0v) is 12.3. The molecule has 2 N–H and O–H groups in total. The van der Waals surface area contributed by atoms with Crippen molar-refractivity contribution in [1.82, 2.24) is 0 Å². The van der Waals surface area contributed by atoms with Crippen LogP contribution in [0.4, 0.5) is 0 Å².